The Morgan fingerprint density at radius 2 is 2.08 bits per heavy atom. The van der Waals surface area contributed by atoms with E-state index in [1.54, 1.807) is 0 Å². The van der Waals surface area contributed by atoms with Crippen molar-refractivity contribution in [3.63, 3.8) is 0 Å². The summed E-state index contributed by atoms with van der Waals surface area (Å²) in [6.07, 6.45) is 2.39. The minimum absolute atomic E-state index is 0. The summed E-state index contributed by atoms with van der Waals surface area (Å²) in [5, 5.41) is 3.42. The summed E-state index contributed by atoms with van der Waals surface area (Å²) < 4.78 is 5.62. The summed E-state index contributed by atoms with van der Waals surface area (Å²) in [6, 6.07) is 10.8. The summed E-state index contributed by atoms with van der Waals surface area (Å²) in [5.41, 5.74) is 1.43. The molecule has 1 fully saturated rings. The van der Waals surface area contributed by atoms with Crippen LogP contribution in [0.3, 0.4) is 0 Å². The first-order chi connectivity index (χ1) is 11.2. The van der Waals surface area contributed by atoms with Gasteiger partial charge in [0.15, 0.2) is 5.96 Å². The number of benzene rings is 1. The van der Waals surface area contributed by atoms with Gasteiger partial charge in [0, 0.05) is 33.3 Å². The van der Waals surface area contributed by atoms with Crippen LogP contribution in [-0.2, 0) is 11.2 Å². The van der Waals surface area contributed by atoms with Gasteiger partial charge < -0.3 is 15.0 Å². The molecule has 0 amide bonds. The summed E-state index contributed by atoms with van der Waals surface area (Å²) >= 11 is 0. The van der Waals surface area contributed by atoms with Crippen molar-refractivity contribution in [2.45, 2.75) is 26.7 Å². The van der Waals surface area contributed by atoms with E-state index >= 15 is 0 Å². The number of aliphatic imine (C=N–C) groups is 1. The zero-order chi connectivity index (χ0) is 16.5. The van der Waals surface area contributed by atoms with Crippen LogP contribution in [0.15, 0.2) is 35.3 Å². The van der Waals surface area contributed by atoms with Crippen LogP contribution >= 0.6 is 24.0 Å². The number of halogens is 1. The van der Waals surface area contributed by atoms with Gasteiger partial charge in [-0.1, -0.05) is 44.2 Å². The molecule has 1 aliphatic heterocycles. The number of rotatable bonds is 7. The van der Waals surface area contributed by atoms with Crippen molar-refractivity contribution in [3.8, 4) is 0 Å². The maximum absolute atomic E-state index is 5.62. The van der Waals surface area contributed by atoms with Gasteiger partial charge in [-0.2, -0.15) is 0 Å². The Kier molecular flexibility index (Phi) is 10.3. The molecule has 1 N–H and O–H groups in total. The van der Waals surface area contributed by atoms with Crippen molar-refractivity contribution in [2.75, 3.05) is 39.9 Å². The van der Waals surface area contributed by atoms with E-state index in [1.165, 1.54) is 12.0 Å². The smallest absolute Gasteiger partial charge is 0.193 e. The Morgan fingerprint density at radius 3 is 2.75 bits per heavy atom. The summed E-state index contributed by atoms with van der Waals surface area (Å²) in [6.45, 7) is 8.89. The van der Waals surface area contributed by atoms with Gasteiger partial charge in [0.1, 0.15) is 0 Å². The molecule has 5 heteroatoms. The van der Waals surface area contributed by atoms with Gasteiger partial charge >= 0.3 is 0 Å². The lowest BCUT2D eigenvalue weighted by atomic mass is 9.99. The molecule has 0 spiro atoms. The highest BCUT2D eigenvalue weighted by molar-refractivity contribution is 14.0. The topological polar surface area (TPSA) is 36.9 Å². The third-order valence-corrected chi connectivity index (χ3v) is 4.15. The van der Waals surface area contributed by atoms with Gasteiger partial charge in [-0.3, -0.25) is 4.99 Å². The molecule has 0 aliphatic carbocycles. The lowest BCUT2D eigenvalue weighted by molar-refractivity contribution is 0.114. The maximum Gasteiger partial charge on any atom is 0.193 e. The summed E-state index contributed by atoms with van der Waals surface area (Å²) in [4.78, 5) is 6.79. The maximum atomic E-state index is 5.62. The zero-order valence-electron chi connectivity index (χ0n) is 15.2. The highest BCUT2D eigenvalue weighted by Gasteiger charge is 2.24. The normalized spacial score (nSPS) is 17.9. The number of hydrogen-bond donors (Lipinski definition) is 1. The summed E-state index contributed by atoms with van der Waals surface area (Å²) in [5.74, 6) is 2.31. The van der Waals surface area contributed by atoms with E-state index in [2.05, 4.69) is 59.4 Å². The second-order valence-corrected chi connectivity index (χ2v) is 6.73. The fourth-order valence-electron chi connectivity index (χ4n) is 3.03. The van der Waals surface area contributed by atoms with Crippen LogP contribution in [0.25, 0.3) is 0 Å². The molecule has 1 atom stereocenters. The fourth-order valence-corrected chi connectivity index (χ4v) is 3.03. The van der Waals surface area contributed by atoms with Gasteiger partial charge in [0.2, 0.25) is 0 Å². The predicted molar refractivity (Wildman–Crippen MR) is 112 cm³/mol. The van der Waals surface area contributed by atoms with Gasteiger partial charge in [0.05, 0.1) is 6.61 Å². The first-order valence-corrected chi connectivity index (χ1v) is 8.76. The van der Waals surface area contributed by atoms with Crippen molar-refractivity contribution in [2.24, 2.45) is 16.8 Å². The highest BCUT2D eigenvalue weighted by Crippen LogP contribution is 2.20. The monoisotopic (exact) mass is 445 g/mol. The van der Waals surface area contributed by atoms with Gasteiger partial charge in [-0.15, -0.1) is 24.0 Å². The van der Waals surface area contributed by atoms with E-state index in [4.69, 9.17) is 4.74 Å². The molecule has 0 saturated carbocycles. The molecule has 0 bridgehead atoms. The van der Waals surface area contributed by atoms with E-state index < -0.39 is 0 Å². The lowest BCUT2D eigenvalue weighted by Gasteiger charge is -2.22. The van der Waals surface area contributed by atoms with Gasteiger partial charge in [0.25, 0.3) is 0 Å². The molecule has 1 aromatic carbocycles. The number of hydrogen-bond acceptors (Lipinski definition) is 2. The second-order valence-electron chi connectivity index (χ2n) is 6.73. The Hall–Kier alpha value is -0.820. The van der Waals surface area contributed by atoms with Crippen molar-refractivity contribution in [1.82, 2.24) is 10.2 Å². The van der Waals surface area contributed by atoms with Crippen molar-refractivity contribution < 1.29 is 4.74 Å². The molecule has 1 saturated heterocycles. The van der Waals surface area contributed by atoms with Crippen LogP contribution in [0.2, 0.25) is 0 Å². The first-order valence-electron chi connectivity index (χ1n) is 8.76. The van der Waals surface area contributed by atoms with E-state index in [1.807, 2.05) is 7.05 Å². The third-order valence-electron chi connectivity index (χ3n) is 4.15. The number of nitrogens with one attached hydrogen (secondary N) is 1. The number of likely N-dealkylation sites (tertiary alicyclic amines) is 1. The van der Waals surface area contributed by atoms with Crippen LogP contribution in [-0.4, -0.2) is 50.8 Å². The molecule has 1 unspecified atom stereocenters. The lowest BCUT2D eigenvalue weighted by Crippen LogP contribution is -2.41. The Morgan fingerprint density at radius 1 is 1.33 bits per heavy atom. The summed E-state index contributed by atoms with van der Waals surface area (Å²) in [7, 11) is 1.86. The molecule has 1 heterocycles. The molecular weight excluding hydrogens is 413 g/mol. The van der Waals surface area contributed by atoms with Gasteiger partial charge in [-0.05, 0) is 30.2 Å². The highest BCUT2D eigenvalue weighted by atomic mass is 127. The Bertz CT molecular complexity index is 479. The van der Waals surface area contributed by atoms with Gasteiger partial charge in [-0.25, -0.2) is 0 Å². The average molecular weight is 445 g/mol. The average Bonchev–Trinajstić information content (AvgIpc) is 3.00. The van der Waals surface area contributed by atoms with Crippen molar-refractivity contribution in [3.05, 3.63) is 35.9 Å². The minimum Gasteiger partial charge on any atom is -0.379 e. The third kappa shape index (κ3) is 7.38. The molecule has 24 heavy (non-hydrogen) atoms. The van der Waals surface area contributed by atoms with E-state index in [9.17, 15) is 0 Å². The standard InChI is InChI=1S/C19H31N3O.HI/c1-16(2)15-23-12-10-21-19(20-3)22-11-9-18(14-22)13-17-7-5-4-6-8-17;/h4-8,16,18H,9-15H2,1-3H3,(H,20,21);1H. The van der Waals surface area contributed by atoms with Crippen LogP contribution < -0.4 is 5.32 Å². The van der Waals surface area contributed by atoms with E-state index in [0.29, 0.717) is 11.8 Å². The van der Waals surface area contributed by atoms with E-state index in [0.717, 1.165) is 45.2 Å². The van der Waals surface area contributed by atoms with Crippen LogP contribution in [0, 0.1) is 11.8 Å². The second kappa shape index (κ2) is 11.7. The quantitative estimate of drug-likeness (QED) is 0.303. The molecule has 1 aromatic rings. The minimum atomic E-state index is 0. The molecule has 4 nitrogen and oxygen atoms in total. The molecule has 0 aromatic heterocycles. The van der Waals surface area contributed by atoms with Crippen molar-refractivity contribution >= 4 is 29.9 Å². The SMILES string of the molecule is CN=C(NCCOCC(C)C)N1CCC(Cc2ccccc2)C1.I. The molecule has 0 radical (unpaired) electrons. The molecular formula is C19H32IN3O. The first kappa shape index (κ1) is 21.2. The number of guanidine groups is 1. The Balaban J connectivity index is 0.00000288. The predicted octanol–water partition coefficient (Wildman–Crippen LogP) is 3.42. The van der Waals surface area contributed by atoms with Crippen LogP contribution in [0.5, 0.6) is 0 Å². The molecule has 2 rings (SSSR count). The van der Waals surface area contributed by atoms with Crippen LogP contribution in [0.4, 0.5) is 0 Å². The number of ether oxygens (including phenoxy) is 1. The van der Waals surface area contributed by atoms with E-state index in [-0.39, 0.29) is 24.0 Å². The number of nitrogens with zero attached hydrogens (tertiary/aromatic N) is 2. The zero-order valence-corrected chi connectivity index (χ0v) is 17.5. The molecule has 1 aliphatic rings. The Labute approximate surface area is 164 Å². The van der Waals surface area contributed by atoms with Crippen molar-refractivity contribution in [1.29, 1.82) is 0 Å². The largest absolute Gasteiger partial charge is 0.379 e. The molecule has 136 valence electrons. The fraction of sp³-hybridized carbons (Fsp3) is 0.632. The van der Waals surface area contributed by atoms with Crippen LogP contribution in [0.1, 0.15) is 25.8 Å².